The van der Waals surface area contributed by atoms with Crippen LogP contribution in [-0.2, 0) is 18.9 Å². The number of ether oxygens (including phenoxy) is 4. The van der Waals surface area contributed by atoms with Gasteiger partial charge in [-0.3, -0.25) is 0 Å². The van der Waals surface area contributed by atoms with E-state index in [0.29, 0.717) is 6.54 Å². The van der Waals surface area contributed by atoms with Crippen LogP contribution in [0.5, 0.6) is 0 Å². The molecule has 3 aliphatic heterocycles. The predicted molar refractivity (Wildman–Crippen MR) is 86.4 cm³/mol. The first-order valence-electron chi connectivity index (χ1n) is 9.74. The van der Waals surface area contributed by atoms with Crippen molar-refractivity contribution < 1.29 is 18.9 Å². The van der Waals surface area contributed by atoms with Gasteiger partial charge in [-0.1, -0.05) is 6.42 Å². The van der Waals surface area contributed by atoms with Crippen molar-refractivity contribution in [1.29, 1.82) is 0 Å². The van der Waals surface area contributed by atoms with Crippen molar-refractivity contribution in [3.8, 4) is 0 Å². The Kier molecular flexibility index (Phi) is 3.68. The van der Waals surface area contributed by atoms with E-state index in [0.717, 1.165) is 44.9 Å². The van der Waals surface area contributed by atoms with Crippen molar-refractivity contribution >= 4 is 0 Å². The molecule has 2 bridgehead atoms. The highest BCUT2D eigenvalue weighted by molar-refractivity contribution is 5.12. The van der Waals surface area contributed by atoms with Crippen LogP contribution in [0.25, 0.3) is 4.85 Å². The molecule has 6 atom stereocenters. The average molecular weight is 333 g/mol. The van der Waals surface area contributed by atoms with Crippen molar-refractivity contribution in [2.75, 3.05) is 6.54 Å². The molecule has 3 saturated heterocycles. The molecule has 24 heavy (non-hydrogen) atoms. The van der Waals surface area contributed by atoms with Crippen molar-refractivity contribution in [1.82, 2.24) is 0 Å². The molecule has 0 unspecified atom stereocenters. The molecule has 0 N–H and O–H groups in total. The molecule has 0 aromatic carbocycles. The maximum absolute atomic E-state index is 7.02. The molecule has 5 aliphatic rings. The average Bonchev–Trinajstić information content (AvgIpc) is 3.09. The van der Waals surface area contributed by atoms with Gasteiger partial charge in [0.2, 0.25) is 6.54 Å². The Morgan fingerprint density at radius 3 is 2.62 bits per heavy atom. The fourth-order valence-corrected chi connectivity index (χ4v) is 5.74. The van der Waals surface area contributed by atoms with Gasteiger partial charge in [-0.05, 0) is 25.7 Å². The Bertz CT molecular complexity index is 540. The van der Waals surface area contributed by atoms with E-state index in [1.54, 1.807) is 0 Å². The SMILES string of the molecule is [C-]#[N+]CC[C@H]1CC[C@@H]2O[C@@H]3C[C@]2(C[C@H]2OC4(CCCCC4)O[C@@H]32)O1. The zero-order valence-corrected chi connectivity index (χ0v) is 14.2. The summed E-state index contributed by atoms with van der Waals surface area (Å²) in [6.45, 7) is 7.58. The Balaban J connectivity index is 1.33. The molecule has 2 saturated carbocycles. The monoisotopic (exact) mass is 333 g/mol. The maximum atomic E-state index is 7.02. The zero-order valence-electron chi connectivity index (χ0n) is 14.2. The van der Waals surface area contributed by atoms with Gasteiger partial charge in [-0.25, -0.2) is 6.57 Å². The van der Waals surface area contributed by atoms with Crippen LogP contribution in [0.2, 0.25) is 0 Å². The second kappa shape index (κ2) is 5.67. The topological polar surface area (TPSA) is 41.3 Å². The largest absolute Gasteiger partial charge is 0.369 e. The summed E-state index contributed by atoms with van der Waals surface area (Å²) in [6, 6.07) is 0. The van der Waals surface area contributed by atoms with Gasteiger partial charge in [-0.2, -0.15) is 0 Å². The smallest absolute Gasteiger partial charge is 0.217 e. The number of rotatable bonds is 2. The van der Waals surface area contributed by atoms with Crippen LogP contribution in [0.1, 0.15) is 64.2 Å². The minimum atomic E-state index is -0.342. The van der Waals surface area contributed by atoms with Gasteiger partial charge >= 0.3 is 0 Å². The van der Waals surface area contributed by atoms with Crippen molar-refractivity contribution in [3.05, 3.63) is 11.4 Å². The molecule has 5 nitrogen and oxygen atoms in total. The van der Waals surface area contributed by atoms with Gasteiger partial charge in [0.25, 0.3) is 0 Å². The summed E-state index contributed by atoms with van der Waals surface area (Å²) < 4.78 is 25.9. The molecule has 2 spiro atoms. The highest BCUT2D eigenvalue weighted by Crippen LogP contribution is 2.55. The van der Waals surface area contributed by atoms with Crippen LogP contribution in [-0.4, -0.2) is 48.5 Å². The van der Waals surface area contributed by atoms with Gasteiger partial charge in [0.1, 0.15) is 6.10 Å². The second-order valence-electron chi connectivity index (χ2n) is 8.33. The van der Waals surface area contributed by atoms with Crippen LogP contribution in [0.15, 0.2) is 0 Å². The lowest BCUT2D eigenvalue weighted by atomic mass is 9.76. The molecule has 0 aromatic heterocycles. The Morgan fingerprint density at radius 1 is 0.958 bits per heavy atom. The van der Waals surface area contributed by atoms with E-state index in [9.17, 15) is 0 Å². The molecule has 5 rings (SSSR count). The van der Waals surface area contributed by atoms with Crippen molar-refractivity contribution in [2.45, 2.75) is 106 Å². The number of hydrogen-bond donors (Lipinski definition) is 0. The summed E-state index contributed by atoms with van der Waals surface area (Å²) in [5.74, 6) is -0.342. The number of nitrogens with zero attached hydrogens (tertiary/aromatic N) is 1. The summed E-state index contributed by atoms with van der Waals surface area (Å²) in [5.41, 5.74) is -0.194. The highest BCUT2D eigenvalue weighted by Gasteiger charge is 2.65. The van der Waals surface area contributed by atoms with Crippen molar-refractivity contribution in [3.63, 3.8) is 0 Å². The molecule has 5 fully saturated rings. The quantitative estimate of drug-likeness (QED) is 0.728. The summed E-state index contributed by atoms with van der Waals surface area (Å²) in [5, 5.41) is 0. The first-order valence-corrected chi connectivity index (χ1v) is 9.74. The van der Waals surface area contributed by atoms with E-state index >= 15 is 0 Å². The predicted octanol–water partition coefficient (Wildman–Crippen LogP) is 3.22. The lowest BCUT2D eigenvalue weighted by Gasteiger charge is -2.44. The number of fused-ring (bicyclic) bond motifs is 3. The molecular weight excluding hydrogens is 306 g/mol. The molecule has 0 amide bonds. The van der Waals surface area contributed by atoms with E-state index in [1.165, 1.54) is 19.3 Å². The lowest BCUT2D eigenvalue weighted by Crippen LogP contribution is -2.53. The lowest BCUT2D eigenvalue weighted by molar-refractivity contribution is -0.215. The second-order valence-corrected chi connectivity index (χ2v) is 8.33. The van der Waals surface area contributed by atoms with Gasteiger partial charge in [0, 0.05) is 32.1 Å². The van der Waals surface area contributed by atoms with E-state index in [4.69, 9.17) is 25.5 Å². The zero-order chi connectivity index (χ0) is 16.2. The molecule has 0 radical (unpaired) electrons. The molecular formula is C19H27NO4. The molecule has 5 heteroatoms. The maximum Gasteiger partial charge on any atom is 0.217 e. The third-order valence-corrected chi connectivity index (χ3v) is 6.80. The first-order chi connectivity index (χ1) is 11.7. The Morgan fingerprint density at radius 2 is 1.79 bits per heavy atom. The van der Waals surface area contributed by atoms with Gasteiger partial charge < -0.3 is 23.8 Å². The van der Waals surface area contributed by atoms with Crippen LogP contribution in [0.4, 0.5) is 0 Å². The van der Waals surface area contributed by atoms with E-state index in [-0.39, 0.29) is 41.9 Å². The Hall–Kier alpha value is -0.670. The van der Waals surface area contributed by atoms with E-state index in [1.807, 2.05) is 0 Å². The summed E-state index contributed by atoms with van der Waals surface area (Å²) >= 11 is 0. The van der Waals surface area contributed by atoms with Gasteiger partial charge in [0.15, 0.2) is 5.79 Å². The highest BCUT2D eigenvalue weighted by atomic mass is 16.8. The molecule has 0 aromatic rings. The van der Waals surface area contributed by atoms with Gasteiger partial charge in [0.05, 0.1) is 30.0 Å². The van der Waals surface area contributed by atoms with Crippen LogP contribution < -0.4 is 0 Å². The Labute approximate surface area is 143 Å². The van der Waals surface area contributed by atoms with Crippen LogP contribution in [0, 0.1) is 6.57 Å². The number of hydrogen-bond acceptors (Lipinski definition) is 4. The normalized spacial score (nSPS) is 48.7. The summed E-state index contributed by atoms with van der Waals surface area (Å²) in [6.07, 6.45) is 11.2. The summed E-state index contributed by atoms with van der Waals surface area (Å²) in [7, 11) is 0. The van der Waals surface area contributed by atoms with Crippen LogP contribution in [0.3, 0.4) is 0 Å². The van der Waals surface area contributed by atoms with Gasteiger partial charge in [-0.15, -0.1) is 0 Å². The third kappa shape index (κ3) is 2.34. The third-order valence-electron chi connectivity index (χ3n) is 6.80. The molecule has 3 heterocycles. The van der Waals surface area contributed by atoms with Crippen molar-refractivity contribution in [2.24, 2.45) is 0 Å². The fourth-order valence-electron chi connectivity index (χ4n) is 5.74. The standard InChI is InChI=1S/C19H27NO4/c1-20-10-7-13-5-6-16-18(22-13)11-14(21-16)17-15(12-18)23-19(24-17)8-3-2-4-9-19/h13-17H,2-12H2/t13-,14-,15-,16+,17+,18-/m1/s1. The van der Waals surface area contributed by atoms with E-state index < -0.39 is 0 Å². The first kappa shape index (κ1) is 15.6. The fraction of sp³-hybridized carbons (Fsp3) is 0.947. The molecule has 2 aliphatic carbocycles. The minimum Gasteiger partial charge on any atom is -0.369 e. The minimum absolute atomic E-state index is 0.0876. The summed E-state index contributed by atoms with van der Waals surface area (Å²) in [4.78, 5) is 3.50. The molecule has 132 valence electrons. The van der Waals surface area contributed by atoms with Crippen LogP contribution >= 0.6 is 0 Å². The van der Waals surface area contributed by atoms with E-state index in [2.05, 4.69) is 4.85 Å².